The van der Waals surface area contributed by atoms with E-state index in [0.717, 1.165) is 0 Å². The van der Waals surface area contributed by atoms with Gasteiger partial charge < -0.3 is 15.2 Å². The van der Waals surface area contributed by atoms with E-state index >= 15 is 0 Å². The number of nitrogens with one attached hydrogen (secondary N) is 1. The number of hydrogen-bond donors (Lipinski definition) is 2. The number of nitrogens with zero attached hydrogens (tertiary/aromatic N) is 2. The number of aliphatic hydroxyl groups excluding tert-OH is 1. The molecule has 1 aromatic rings. The van der Waals surface area contributed by atoms with Gasteiger partial charge in [0.15, 0.2) is 6.04 Å². The van der Waals surface area contributed by atoms with Gasteiger partial charge >= 0.3 is 5.97 Å². The predicted octanol–water partition coefficient (Wildman–Crippen LogP) is -0.812. The summed E-state index contributed by atoms with van der Waals surface area (Å²) < 4.78 is 4.74. The first-order valence-corrected chi connectivity index (χ1v) is 5.01. The van der Waals surface area contributed by atoms with E-state index in [1.165, 1.54) is 18.6 Å². The molecule has 92 valence electrons. The number of ether oxygens (including phenoxy) is 1. The Balaban J connectivity index is 2.83. The third-order valence-electron chi connectivity index (χ3n) is 2.01. The average molecular weight is 239 g/mol. The van der Waals surface area contributed by atoms with E-state index in [1.807, 2.05) is 0 Å². The highest BCUT2D eigenvalue weighted by Gasteiger charge is 2.29. The minimum Gasteiger partial charge on any atom is -0.464 e. The molecular weight excluding hydrogens is 226 g/mol. The summed E-state index contributed by atoms with van der Waals surface area (Å²) in [5, 5.41) is 12.1. The van der Waals surface area contributed by atoms with Crippen LogP contribution in [0.3, 0.4) is 0 Å². The number of rotatable bonds is 6. The Hall–Kier alpha value is -2.02. The van der Waals surface area contributed by atoms with Crippen molar-refractivity contribution in [2.45, 2.75) is 19.1 Å². The van der Waals surface area contributed by atoms with Crippen molar-refractivity contribution in [2.24, 2.45) is 0 Å². The van der Waals surface area contributed by atoms with Crippen LogP contribution in [-0.2, 0) is 14.3 Å². The molecule has 0 saturated carbocycles. The maximum Gasteiger partial charge on any atom is 0.331 e. The molecule has 7 nitrogen and oxygen atoms in total. The smallest absolute Gasteiger partial charge is 0.331 e. The number of aromatic nitrogens is 2. The zero-order valence-corrected chi connectivity index (χ0v) is 9.24. The predicted molar refractivity (Wildman–Crippen MR) is 56.6 cm³/mol. The molecule has 2 unspecified atom stereocenters. The van der Waals surface area contributed by atoms with Crippen molar-refractivity contribution >= 4 is 12.4 Å². The van der Waals surface area contributed by atoms with Gasteiger partial charge in [0.25, 0.3) is 0 Å². The number of aliphatic hydroxyl groups is 1. The van der Waals surface area contributed by atoms with Crippen LogP contribution >= 0.6 is 0 Å². The quantitative estimate of drug-likeness (QED) is 0.497. The first kappa shape index (κ1) is 13.0. The van der Waals surface area contributed by atoms with Crippen LogP contribution in [0.25, 0.3) is 0 Å². The monoisotopic (exact) mass is 239 g/mol. The number of esters is 1. The maximum atomic E-state index is 11.5. The van der Waals surface area contributed by atoms with Gasteiger partial charge in [0.05, 0.1) is 12.3 Å². The average Bonchev–Trinajstić information content (AvgIpc) is 2.36. The molecule has 0 aromatic carbocycles. The molecular formula is C10H13N3O4. The highest BCUT2D eigenvalue weighted by Crippen LogP contribution is 2.14. The Morgan fingerprint density at radius 2 is 2.47 bits per heavy atom. The van der Waals surface area contributed by atoms with Crippen LogP contribution in [0.1, 0.15) is 18.7 Å². The summed E-state index contributed by atoms with van der Waals surface area (Å²) in [6.45, 7) is 1.79. The molecule has 7 heteroatoms. The molecule has 2 atom stereocenters. The molecule has 0 bridgehead atoms. The van der Waals surface area contributed by atoms with E-state index < -0.39 is 18.1 Å². The van der Waals surface area contributed by atoms with Gasteiger partial charge in [0, 0.05) is 6.20 Å². The molecule has 2 N–H and O–H groups in total. The van der Waals surface area contributed by atoms with Gasteiger partial charge in [-0.25, -0.2) is 14.8 Å². The van der Waals surface area contributed by atoms with Gasteiger partial charge in [0.2, 0.25) is 6.41 Å². The van der Waals surface area contributed by atoms with Crippen molar-refractivity contribution in [3.63, 3.8) is 0 Å². The van der Waals surface area contributed by atoms with Crippen molar-refractivity contribution in [3.05, 3.63) is 24.3 Å². The number of carbonyl (C=O) groups is 2. The van der Waals surface area contributed by atoms with E-state index in [0.29, 0.717) is 6.41 Å². The van der Waals surface area contributed by atoms with Crippen LogP contribution < -0.4 is 5.32 Å². The Morgan fingerprint density at radius 1 is 1.71 bits per heavy atom. The molecule has 17 heavy (non-hydrogen) atoms. The Morgan fingerprint density at radius 3 is 3.00 bits per heavy atom. The van der Waals surface area contributed by atoms with E-state index in [4.69, 9.17) is 4.74 Å². The maximum absolute atomic E-state index is 11.5. The highest BCUT2D eigenvalue weighted by atomic mass is 16.5. The van der Waals surface area contributed by atoms with Crippen molar-refractivity contribution in [3.8, 4) is 0 Å². The second kappa shape index (κ2) is 6.54. The summed E-state index contributed by atoms with van der Waals surface area (Å²) in [6.07, 6.45) is 1.71. The van der Waals surface area contributed by atoms with Gasteiger partial charge in [-0.3, -0.25) is 4.79 Å². The molecule has 1 aromatic heterocycles. The van der Waals surface area contributed by atoms with Crippen molar-refractivity contribution in [1.29, 1.82) is 0 Å². The van der Waals surface area contributed by atoms with E-state index in [9.17, 15) is 14.7 Å². The zero-order valence-electron chi connectivity index (χ0n) is 9.24. The molecule has 1 heterocycles. The second-order valence-corrected chi connectivity index (χ2v) is 3.09. The lowest BCUT2D eigenvalue weighted by Gasteiger charge is -2.19. The zero-order chi connectivity index (χ0) is 12.7. The summed E-state index contributed by atoms with van der Waals surface area (Å²) in [4.78, 5) is 29.4. The lowest BCUT2D eigenvalue weighted by atomic mass is 10.1. The molecule has 0 aliphatic carbocycles. The summed E-state index contributed by atoms with van der Waals surface area (Å²) in [5.74, 6) is -0.717. The molecule has 1 amide bonds. The lowest BCUT2D eigenvalue weighted by Crippen LogP contribution is -2.42. The summed E-state index contributed by atoms with van der Waals surface area (Å²) >= 11 is 0. The lowest BCUT2D eigenvalue weighted by molar-refractivity contribution is -0.150. The van der Waals surface area contributed by atoms with Gasteiger partial charge in [-0.2, -0.15) is 0 Å². The van der Waals surface area contributed by atoms with Crippen molar-refractivity contribution in [1.82, 2.24) is 15.3 Å². The minimum absolute atomic E-state index is 0.159. The fourth-order valence-corrected chi connectivity index (χ4v) is 1.24. The van der Waals surface area contributed by atoms with Crippen LogP contribution in [0, 0.1) is 0 Å². The third kappa shape index (κ3) is 3.49. The second-order valence-electron chi connectivity index (χ2n) is 3.09. The van der Waals surface area contributed by atoms with E-state index in [-0.39, 0.29) is 12.3 Å². The van der Waals surface area contributed by atoms with Crippen molar-refractivity contribution < 1.29 is 19.4 Å². The summed E-state index contributed by atoms with van der Waals surface area (Å²) in [6, 6.07) is 0.269. The first-order chi connectivity index (χ1) is 8.20. The van der Waals surface area contributed by atoms with Crippen LogP contribution in [0.2, 0.25) is 0 Å². The SMILES string of the molecule is CCOC(=O)C(NC=O)C(O)c1ccncn1. The van der Waals surface area contributed by atoms with Gasteiger partial charge in [-0.15, -0.1) is 0 Å². The van der Waals surface area contributed by atoms with Crippen LogP contribution in [0.5, 0.6) is 0 Å². The highest BCUT2D eigenvalue weighted by molar-refractivity contribution is 5.79. The Kier molecular flexibility index (Phi) is 5.02. The Labute approximate surface area is 97.8 Å². The molecule has 0 saturated heterocycles. The van der Waals surface area contributed by atoms with Gasteiger partial charge in [0.1, 0.15) is 12.4 Å². The fourth-order valence-electron chi connectivity index (χ4n) is 1.24. The van der Waals surface area contributed by atoms with Crippen LogP contribution in [-0.4, -0.2) is 40.1 Å². The topological polar surface area (TPSA) is 101 Å². The summed E-state index contributed by atoms with van der Waals surface area (Å²) in [7, 11) is 0. The largest absolute Gasteiger partial charge is 0.464 e. The minimum atomic E-state index is -1.28. The molecule has 0 aliphatic rings. The van der Waals surface area contributed by atoms with E-state index in [2.05, 4.69) is 15.3 Å². The Bertz CT molecular complexity index is 371. The van der Waals surface area contributed by atoms with Crippen LogP contribution in [0.4, 0.5) is 0 Å². The fraction of sp³-hybridized carbons (Fsp3) is 0.400. The van der Waals surface area contributed by atoms with Crippen molar-refractivity contribution in [2.75, 3.05) is 6.61 Å². The third-order valence-corrected chi connectivity index (χ3v) is 2.01. The summed E-state index contributed by atoms with van der Waals surface area (Å²) in [5.41, 5.74) is 0.229. The molecule has 0 spiro atoms. The number of carbonyl (C=O) groups excluding carboxylic acids is 2. The number of hydrogen-bond acceptors (Lipinski definition) is 6. The normalized spacial score (nSPS) is 13.5. The molecule has 0 aliphatic heterocycles. The molecule has 0 fully saturated rings. The molecule has 1 rings (SSSR count). The van der Waals surface area contributed by atoms with Crippen LogP contribution in [0.15, 0.2) is 18.6 Å². The van der Waals surface area contributed by atoms with E-state index in [1.54, 1.807) is 6.92 Å². The number of amides is 1. The van der Waals surface area contributed by atoms with Gasteiger partial charge in [-0.1, -0.05) is 0 Å². The molecule has 0 radical (unpaired) electrons. The first-order valence-electron chi connectivity index (χ1n) is 5.01. The standard InChI is InChI=1S/C10H13N3O4/c1-2-17-10(16)8(13-6-14)9(15)7-3-4-11-5-12-7/h3-6,8-9,15H,2H2,1H3,(H,13,14). The van der Waals surface area contributed by atoms with Gasteiger partial charge in [-0.05, 0) is 13.0 Å².